The van der Waals surface area contributed by atoms with Crippen LogP contribution in [-0.4, -0.2) is 10.2 Å². The summed E-state index contributed by atoms with van der Waals surface area (Å²) < 4.78 is 0. The Morgan fingerprint density at radius 2 is 2.50 bits per heavy atom. The van der Waals surface area contributed by atoms with Gasteiger partial charge in [-0.1, -0.05) is 12.2 Å². The first-order chi connectivity index (χ1) is 4.97. The molecule has 1 aliphatic carbocycles. The van der Waals surface area contributed by atoms with E-state index in [0.29, 0.717) is 0 Å². The lowest BCUT2D eigenvalue weighted by molar-refractivity contribution is 0.919. The van der Waals surface area contributed by atoms with Gasteiger partial charge >= 0.3 is 0 Å². The molecule has 0 bridgehead atoms. The molecule has 0 fully saturated rings. The van der Waals surface area contributed by atoms with Gasteiger partial charge in [0.1, 0.15) is 6.20 Å². The number of allylic oxidation sites excluding steroid dienone is 1. The van der Waals surface area contributed by atoms with Crippen molar-refractivity contribution in [3.63, 3.8) is 0 Å². The standard InChI is InChI=1S/C8H7N2/c1-2-4-8-6-10-9-5-7(8)3-1/h1,3,6H,2,4H2. The number of hydrogen-bond acceptors (Lipinski definition) is 2. The van der Waals surface area contributed by atoms with Crippen LogP contribution in [0, 0.1) is 6.20 Å². The number of nitrogens with zero attached hydrogens (tertiary/aromatic N) is 2. The Morgan fingerprint density at radius 3 is 3.40 bits per heavy atom. The van der Waals surface area contributed by atoms with Crippen molar-refractivity contribution in [2.75, 3.05) is 0 Å². The Kier molecular flexibility index (Phi) is 1.24. The highest BCUT2D eigenvalue weighted by molar-refractivity contribution is 5.53. The summed E-state index contributed by atoms with van der Waals surface area (Å²) in [5, 5.41) is 7.43. The molecular weight excluding hydrogens is 124 g/mol. The molecule has 0 saturated heterocycles. The first-order valence-corrected chi connectivity index (χ1v) is 3.35. The predicted molar refractivity (Wildman–Crippen MR) is 38.2 cm³/mol. The van der Waals surface area contributed by atoms with Gasteiger partial charge in [-0.25, -0.2) is 0 Å². The third-order valence-corrected chi connectivity index (χ3v) is 1.65. The van der Waals surface area contributed by atoms with Crippen molar-refractivity contribution in [1.82, 2.24) is 10.2 Å². The van der Waals surface area contributed by atoms with Crippen molar-refractivity contribution in [3.8, 4) is 0 Å². The third-order valence-electron chi connectivity index (χ3n) is 1.65. The number of rotatable bonds is 0. The van der Waals surface area contributed by atoms with Gasteiger partial charge in [0.25, 0.3) is 0 Å². The fraction of sp³-hybridized carbons (Fsp3) is 0.250. The van der Waals surface area contributed by atoms with Gasteiger partial charge in [0, 0.05) is 5.56 Å². The van der Waals surface area contributed by atoms with E-state index in [9.17, 15) is 0 Å². The summed E-state index contributed by atoms with van der Waals surface area (Å²) in [7, 11) is 0. The minimum absolute atomic E-state index is 1.08. The first kappa shape index (κ1) is 5.59. The quantitative estimate of drug-likeness (QED) is 0.529. The molecule has 0 aromatic carbocycles. The lowest BCUT2D eigenvalue weighted by Gasteiger charge is -2.05. The lowest BCUT2D eigenvalue weighted by atomic mass is 10.0. The summed E-state index contributed by atoms with van der Waals surface area (Å²) in [6, 6.07) is 0. The van der Waals surface area contributed by atoms with Gasteiger partial charge in [0.2, 0.25) is 0 Å². The van der Waals surface area contributed by atoms with E-state index in [-0.39, 0.29) is 0 Å². The summed E-state index contributed by atoms with van der Waals surface area (Å²) in [5.74, 6) is 0. The van der Waals surface area contributed by atoms with Gasteiger partial charge in [0.05, 0.1) is 6.20 Å². The van der Waals surface area contributed by atoms with Gasteiger partial charge in [-0.2, -0.15) is 5.10 Å². The minimum Gasteiger partial charge on any atom is -0.158 e. The summed E-state index contributed by atoms with van der Waals surface area (Å²) in [5.41, 5.74) is 2.36. The first-order valence-electron chi connectivity index (χ1n) is 3.35. The Morgan fingerprint density at radius 1 is 1.50 bits per heavy atom. The van der Waals surface area contributed by atoms with Crippen molar-refractivity contribution < 1.29 is 0 Å². The fourth-order valence-corrected chi connectivity index (χ4v) is 1.11. The lowest BCUT2D eigenvalue weighted by Crippen LogP contribution is -1.96. The molecule has 0 amide bonds. The van der Waals surface area contributed by atoms with Crippen LogP contribution in [0.1, 0.15) is 17.5 Å². The Bertz CT molecular complexity index is 266. The number of hydrogen-bond donors (Lipinski definition) is 0. The predicted octanol–water partition coefficient (Wildman–Crippen LogP) is 1.24. The van der Waals surface area contributed by atoms with Gasteiger partial charge < -0.3 is 0 Å². The molecule has 0 saturated carbocycles. The Hall–Kier alpha value is -1.18. The van der Waals surface area contributed by atoms with E-state index in [4.69, 9.17) is 0 Å². The van der Waals surface area contributed by atoms with Gasteiger partial charge in [-0.3, -0.25) is 0 Å². The summed E-state index contributed by atoms with van der Waals surface area (Å²) in [6.07, 6.45) is 11.0. The van der Waals surface area contributed by atoms with E-state index >= 15 is 0 Å². The van der Waals surface area contributed by atoms with Crippen LogP contribution in [-0.2, 0) is 6.42 Å². The Balaban J connectivity index is 2.54. The second kappa shape index (κ2) is 2.21. The van der Waals surface area contributed by atoms with Crippen molar-refractivity contribution in [1.29, 1.82) is 0 Å². The smallest absolute Gasteiger partial charge is 0.121 e. The van der Waals surface area contributed by atoms with Crippen molar-refractivity contribution in [2.24, 2.45) is 0 Å². The fourth-order valence-electron chi connectivity index (χ4n) is 1.11. The highest BCUT2D eigenvalue weighted by Gasteiger charge is 2.02. The molecule has 0 unspecified atom stereocenters. The SMILES string of the molecule is [c]1nncc2c1C=CCC2. The molecule has 1 aliphatic rings. The number of aromatic nitrogens is 2. The molecule has 2 heteroatoms. The van der Waals surface area contributed by atoms with Crippen LogP contribution in [0.15, 0.2) is 12.3 Å². The molecular formula is C8H7N2. The van der Waals surface area contributed by atoms with Crippen LogP contribution in [0.3, 0.4) is 0 Å². The van der Waals surface area contributed by atoms with E-state index in [2.05, 4.69) is 22.5 Å². The zero-order valence-electron chi connectivity index (χ0n) is 5.54. The average Bonchev–Trinajstić information content (AvgIpc) is 2.05. The third kappa shape index (κ3) is 0.817. The molecule has 2 rings (SSSR count). The van der Waals surface area contributed by atoms with Gasteiger partial charge in [-0.05, 0) is 18.4 Å². The molecule has 0 spiro atoms. The van der Waals surface area contributed by atoms with Crippen LogP contribution in [0.4, 0.5) is 0 Å². The summed E-state index contributed by atoms with van der Waals surface area (Å²) in [4.78, 5) is 0. The maximum Gasteiger partial charge on any atom is 0.121 e. The van der Waals surface area contributed by atoms with Crippen LogP contribution in [0.5, 0.6) is 0 Å². The van der Waals surface area contributed by atoms with E-state index in [1.54, 1.807) is 0 Å². The maximum atomic E-state index is 3.76. The van der Waals surface area contributed by atoms with E-state index in [1.807, 2.05) is 12.3 Å². The summed E-state index contributed by atoms with van der Waals surface area (Å²) in [6.45, 7) is 0. The maximum absolute atomic E-state index is 3.76. The molecule has 1 aromatic rings. The zero-order chi connectivity index (χ0) is 6.81. The molecule has 10 heavy (non-hydrogen) atoms. The normalized spacial score (nSPS) is 14.8. The summed E-state index contributed by atoms with van der Waals surface area (Å²) >= 11 is 0. The molecule has 0 aliphatic heterocycles. The molecule has 1 aromatic heterocycles. The minimum atomic E-state index is 1.08. The highest BCUT2D eigenvalue weighted by atomic mass is 15.1. The molecule has 1 heterocycles. The van der Waals surface area contributed by atoms with Crippen molar-refractivity contribution in [3.05, 3.63) is 29.6 Å². The second-order valence-corrected chi connectivity index (χ2v) is 2.34. The van der Waals surface area contributed by atoms with Gasteiger partial charge in [-0.15, -0.1) is 5.10 Å². The highest BCUT2D eigenvalue weighted by Crippen LogP contribution is 2.15. The van der Waals surface area contributed by atoms with Crippen LogP contribution < -0.4 is 0 Å². The Labute approximate surface area is 59.6 Å². The molecule has 49 valence electrons. The molecule has 0 N–H and O–H groups in total. The van der Waals surface area contributed by atoms with E-state index in [1.165, 1.54) is 5.56 Å². The zero-order valence-corrected chi connectivity index (χ0v) is 5.54. The van der Waals surface area contributed by atoms with Crippen molar-refractivity contribution in [2.45, 2.75) is 12.8 Å². The van der Waals surface area contributed by atoms with Gasteiger partial charge in [0.15, 0.2) is 0 Å². The van der Waals surface area contributed by atoms with Crippen LogP contribution >= 0.6 is 0 Å². The average molecular weight is 131 g/mol. The number of fused-ring (bicyclic) bond motifs is 1. The second-order valence-electron chi connectivity index (χ2n) is 2.34. The number of aryl methyl sites for hydroxylation is 1. The molecule has 2 nitrogen and oxygen atoms in total. The van der Waals surface area contributed by atoms with Crippen molar-refractivity contribution >= 4 is 6.08 Å². The topological polar surface area (TPSA) is 25.8 Å². The van der Waals surface area contributed by atoms with Crippen LogP contribution in [0.2, 0.25) is 0 Å². The largest absolute Gasteiger partial charge is 0.158 e. The van der Waals surface area contributed by atoms with E-state index in [0.717, 1.165) is 18.4 Å². The monoisotopic (exact) mass is 131 g/mol. The molecule has 1 radical (unpaired) electrons. The molecule has 0 atom stereocenters. The van der Waals surface area contributed by atoms with E-state index < -0.39 is 0 Å². The van der Waals surface area contributed by atoms with Crippen LogP contribution in [0.25, 0.3) is 6.08 Å².